The van der Waals surface area contributed by atoms with Crippen molar-refractivity contribution in [2.75, 3.05) is 6.61 Å². The minimum Gasteiger partial charge on any atom is -0.479 e. The van der Waals surface area contributed by atoms with E-state index >= 15 is 0 Å². The molecule has 0 atom stereocenters. The van der Waals surface area contributed by atoms with Gasteiger partial charge in [0.1, 0.15) is 11.8 Å². The van der Waals surface area contributed by atoms with Crippen molar-refractivity contribution in [3.63, 3.8) is 0 Å². The Kier molecular flexibility index (Phi) is 3.33. The summed E-state index contributed by atoms with van der Waals surface area (Å²) in [5.74, 6) is 0.426. The van der Waals surface area contributed by atoms with Crippen molar-refractivity contribution in [1.29, 1.82) is 5.26 Å². The molecule has 0 aliphatic heterocycles. The van der Waals surface area contributed by atoms with Crippen LogP contribution in [0.15, 0.2) is 29.2 Å². The zero-order valence-electron chi connectivity index (χ0n) is 6.97. The van der Waals surface area contributed by atoms with Gasteiger partial charge in [-0.1, -0.05) is 0 Å². The molecular formula is C8H6ClNO3S. The fourth-order valence-corrected chi connectivity index (χ4v) is 1.58. The Labute approximate surface area is 86.1 Å². The largest absolute Gasteiger partial charge is 0.479 e. The van der Waals surface area contributed by atoms with Gasteiger partial charge >= 0.3 is 0 Å². The summed E-state index contributed by atoms with van der Waals surface area (Å²) in [5, 5.41) is 8.22. The van der Waals surface area contributed by atoms with Gasteiger partial charge in [0.05, 0.1) is 4.90 Å². The maximum absolute atomic E-state index is 10.8. The monoisotopic (exact) mass is 231 g/mol. The minimum absolute atomic E-state index is 0.00322. The van der Waals surface area contributed by atoms with Crippen LogP contribution in [0.25, 0.3) is 0 Å². The molecule has 0 unspecified atom stereocenters. The van der Waals surface area contributed by atoms with Crippen LogP contribution in [0.3, 0.4) is 0 Å². The van der Waals surface area contributed by atoms with E-state index in [9.17, 15) is 8.42 Å². The number of hydrogen-bond acceptors (Lipinski definition) is 4. The van der Waals surface area contributed by atoms with Crippen molar-refractivity contribution < 1.29 is 13.2 Å². The molecule has 0 spiro atoms. The van der Waals surface area contributed by atoms with Gasteiger partial charge in [0, 0.05) is 10.7 Å². The molecule has 6 heteroatoms. The van der Waals surface area contributed by atoms with E-state index in [4.69, 9.17) is 20.7 Å². The van der Waals surface area contributed by atoms with E-state index in [0.29, 0.717) is 5.75 Å². The molecule has 0 N–H and O–H groups in total. The molecule has 0 aliphatic rings. The summed E-state index contributed by atoms with van der Waals surface area (Å²) in [4.78, 5) is 0.00322. The zero-order valence-corrected chi connectivity index (χ0v) is 8.55. The average Bonchev–Trinajstić information content (AvgIpc) is 2.14. The first-order chi connectivity index (χ1) is 6.54. The van der Waals surface area contributed by atoms with Crippen molar-refractivity contribution >= 4 is 19.7 Å². The van der Waals surface area contributed by atoms with Gasteiger partial charge < -0.3 is 4.74 Å². The van der Waals surface area contributed by atoms with Crippen LogP contribution in [-0.2, 0) is 9.05 Å². The van der Waals surface area contributed by atoms with Crippen LogP contribution in [0.1, 0.15) is 0 Å². The number of hydrogen-bond donors (Lipinski definition) is 0. The van der Waals surface area contributed by atoms with Crippen LogP contribution < -0.4 is 4.74 Å². The normalized spacial score (nSPS) is 10.6. The van der Waals surface area contributed by atoms with Crippen LogP contribution in [0.2, 0.25) is 0 Å². The highest BCUT2D eigenvalue weighted by molar-refractivity contribution is 8.13. The van der Waals surface area contributed by atoms with E-state index < -0.39 is 9.05 Å². The summed E-state index contributed by atoms with van der Waals surface area (Å²) in [6.45, 7) is -0.0764. The van der Waals surface area contributed by atoms with Crippen molar-refractivity contribution in [1.82, 2.24) is 0 Å². The Bertz CT molecular complexity index is 446. The quantitative estimate of drug-likeness (QED) is 0.740. The summed E-state index contributed by atoms with van der Waals surface area (Å²) in [7, 11) is 1.41. The SMILES string of the molecule is N#CCOc1ccc(S(=O)(=O)Cl)cc1. The first kappa shape index (κ1) is 10.8. The molecule has 0 heterocycles. The molecule has 1 rings (SSSR count). The first-order valence-electron chi connectivity index (χ1n) is 3.58. The van der Waals surface area contributed by atoms with Crippen LogP contribution in [-0.4, -0.2) is 15.0 Å². The van der Waals surface area contributed by atoms with Gasteiger partial charge in [0.25, 0.3) is 9.05 Å². The number of ether oxygens (including phenoxy) is 1. The Morgan fingerprint density at radius 3 is 2.36 bits per heavy atom. The minimum atomic E-state index is -3.69. The summed E-state index contributed by atoms with van der Waals surface area (Å²) in [6, 6.07) is 7.30. The standard InChI is InChI=1S/C8H6ClNO3S/c9-14(11,12)8-3-1-7(2-4-8)13-6-5-10/h1-4H,6H2. The van der Waals surface area contributed by atoms with E-state index in [1.165, 1.54) is 24.3 Å². The number of halogens is 1. The lowest BCUT2D eigenvalue weighted by Crippen LogP contribution is -1.94. The summed E-state index contributed by atoms with van der Waals surface area (Å²) in [5.41, 5.74) is 0. The number of nitrogens with zero attached hydrogens (tertiary/aromatic N) is 1. The molecule has 0 saturated heterocycles. The van der Waals surface area contributed by atoms with Crippen LogP contribution >= 0.6 is 10.7 Å². The zero-order chi connectivity index (χ0) is 10.6. The van der Waals surface area contributed by atoms with E-state index in [1.54, 1.807) is 6.07 Å². The second kappa shape index (κ2) is 4.31. The Morgan fingerprint density at radius 1 is 1.36 bits per heavy atom. The maximum Gasteiger partial charge on any atom is 0.261 e. The lowest BCUT2D eigenvalue weighted by atomic mass is 10.3. The lowest BCUT2D eigenvalue weighted by molar-refractivity contribution is 0.368. The number of nitriles is 1. The van der Waals surface area contributed by atoms with Gasteiger partial charge in [-0.05, 0) is 24.3 Å². The predicted molar refractivity (Wildman–Crippen MR) is 50.6 cm³/mol. The third-order valence-corrected chi connectivity index (χ3v) is 2.78. The lowest BCUT2D eigenvalue weighted by Gasteiger charge is -2.01. The molecule has 0 aliphatic carbocycles. The van der Waals surface area contributed by atoms with Crippen LogP contribution in [0, 0.1) is 11.3 Å². The average molecular weight is 232 g/mol. The van der Waals surface area contributed by atoms with Crippen LogP contribution in [0.4, 0.5) is 0 Å². The number of benzene rings is 1. The highest BCUT2D eigenvalue weighted by Crippen LogP contribution is 2.18. The fourth-order valence-electron chi connectivity index (χ4n) is 0.814. The Hall–Kier alpha value is -1.25. The highest BCUT2D eigenvalue weighted by atomic mass is 35.7. The Morgan fingerprint density at radius 2 is 1.93 bits per heavy atom. The van der Waals surface area contributed by atoms with Crippen molar-refractivity contribution in [3.05, 3.63) is 24.3 Å². The molecule has 1 aromatic carbocycles. The molecule has 74 valence electrons. The molecule has 4 nitrogen and oxygen atoms in total. The molecule has 0 fully saturated rings. The topological polar surface area (TPSA) is 67.2 Å². The van der Waals surface area contributed by atoms with Gasteiger partial charge in [0.2, 0.25) is 0 Å². The van der Waals surface area contributed by atoms with Gasteiger partial charge in [-0.25, -0.2) is 8.42 Å². The highest BCUT2D eigenvalue weighted by Gasteiger charge is 2.08. The molecule has 0 aromatic heterocycles. The third-order valence-electron chi connectivity index (χ3n) is 1.41. The summed E-state index contributed by atoms with van der Waals surface area (Å²) >= 11 is 0. The molecule has 0 radical (unpaired) electrons. The molecular weight excluding hydrogens is 226 g/mol. The van der Waals surface area contributed by atoms with E-state index in [2.05, 4.69) is 0 Å². The molecule has 0 amide bonds. The van der Waals surface area contributed by atoms with Gasteiger partial charge in [0.15, 0.2) is 6.61 Å². The summed E-state index contributed by atoms with van der Waals surface area (Å²) in [6.07, 6.45) is 0. The van der Waals surface area contributed by atoms with E-state index in [1.807, 2.05) is 0 Å². The van der Waals surface area contributed by atoms with E-state index in [-0.39, 0.29) is 11.5 Å². The molecule has 0 saturated carbocycles. The number of rotatable bonds is 3. The second-order valence-electron chi connectivity index (χ2n) is 2.36. The third kappa shape index (κ3) is 2.91. The van der Waals surface area contributed by atoms with Gasteiger partial charge in [-0.3, -0.25) is 0 Å². The smallest absolute Gasteiger partial charge is 0.261 e. The fraction of sp³-hybridized carbons (Fsp3) is 0.125. The second-order valence-corrected chi connectivity index (χ2v) is 4.92. The molecule has 1 aromatic rings. The van der Waals surface area contributed by atoms with Crippen molar-refractivity contribution in [3.8, 4) is 11.8 Å². The van der Waals surface area contributed by atoms with E-state index in [0.717, 1.165) is 0 Å². The Balaban J connectivity index is 2.86. The molecule has 0 bridgehead atoms. The van der Waals surface area contributed by atoms with Gasteiger partial charge in [-0.15, -0.1) is 0 Å². The maximum atomic E-state index is 10.8. The first-order valence-corrected chi connectivity index (χ1v) is 5.89. The van der Waals surface area contributed by atoms with Crippen molar-refractivity contribution in [2.24, 2.45) is 0 Å². The van der Waals surface area contributed by atoms with Crippen molar-refractivity contribution in [2.45, 2.75) is 4.90 Å². The summed E-state index contributed by atoms with van der Waals surface area (Å²) < 4.78 is 26.6. The van der Waals surface area contributed by atoms with Gasteiger partial charge in [-0.2, -0.15) is 5.26 Å². The predicted octanol–water partition coefficient (Wildman–Crippen LogP) is 1.52. The van der Waals surface area contributed by atoms with Crippen LogP contribution in [0.5, 0.6) is 5.75 Å². The molecule has 14 heavy (non-hydrogen) atoms.